The molecule has 1 fully saturated rings. The molecule has 1 amide bonds. The number of amides is 1. The number of carbonyl (C=O) groups excluding carboxylic acids is 2. The van der Waals surface area contributed by atoms with Crippen molar-refractivity contribution in [2.75, 3.05) is 20.3 Å². The molecule has 1 atom stereocenters. The van der Waals surface area contributed by atoms with E-state index in [1.807, 2.05) is 6.07 Å². The summed E-state index contributed by atoms with van der Waals surface area (Å²) in [5.74, 6) is -1.51. The number of hydrogen-bond donors (Lipinski definition) is 1. The molecule has 0 aliphatic carbocycles. The smallest absolute Gasteiger partial charge is 0.295 e. The number of methoxy groups -OCH3 is 1. The highest BCUT2D eigenvalue weighted by Gasteiger charge is 2.45. The molecule has 0 unspecified atom stereocenters. The van der Waals surface area contributed by atoms with Crippen molar-refractivity contribution in [1.82, 2.24) is 4.90 Å². The number of likely N-dealkylation sites (tertiary alicyclic amines) is 1. The van der Waals surface area contributed by atoms with E-state index in [2.05, 4.69) is 0 Å². The fraction of sp³-hybridized carbons (Fsp3) is 0.238. The lowest BCUT2D eigenvalue weighted by Crippen LogP contribution is -2.31. The van der Waals surface area contributed by atoms with Crippen LogP contribution < -0.4 is 0 Å². The van der Waals surface area contributed by atoms with Gasteiger partial charge in [-0.15, -0.1) is 0 Å². The van der Waals surface area contributed by atoms with Crippen LogP contribution in [-0.4, -0.2) is 42.0 Å². The molecule has 0 aromatic heterocycles. The minimum absolute atomic E-state index is 0.0749. The van der Waals surface area contributed by atoms with Crippen LogP contribution in [0.2, 0.25) is 5.02 Å². The Kier molecular flexibility index (Phi) is 5.94. The first-order valence-electron chi connectivity index (χ1n) is 8.63. The number of Topliss-reactive ketones (excluding diaryl/α,β-unsaturated/α-hetero) is 1. The molecule has 1 heterocycles. The van der Waals surface area contributed by atoms with Gasteiger partial charge in [-0.3, -0.25) is 9.59 Å². The van der Waals surface area contributed by atoms with E-state index >= 15 is 0 Å². The minimum Gasteiger partial charge on any atom is -0.507 e. The lowest BCUT2D eigenvalue weighted by atomic mass is 9.95. The van der Waals surface area contributed by atoms with E-state index in [0.29, 0.717) is 35.7 Å². The predicted octanol–water partition coefficient (Wildman–Crippen LogP) is 3.80. The molecule has 1 saturated heterocycles. The second-order valence-corrected chi connectivity index (χ2v) is 6.70. The van der Waals surface area contributed by atoms with Gasteiger partial charge in [-0.1, -0.05) is 54.1 Å². The number of aliphatic hydroxyl groups is 1. The third-order valence-electron chi connectivity index (χ3n) is 4.50. The Labute approximate surface area is 162 Å². The van der Waals surface area contributed by atoms with Crippen molar-refractivity contribution in [3.63, 3.8) is 0 Å². The molecule has 27 heavy (non-hydrogen) atoms. The Bertz CT molecular complexity index is 879. The third kappa shape index (κ3) is 3.89. The quantitative estimate of drug-likeness (QED) is 0.355. The first-order valence-corrected chi connectivity index (χ1v) is 9.00. The van der Waals surface area contributed by atoms with Crippen LogP contribution in [0.15, 0.2) is 60.2 Å². The number of ether oxygens (including phenoxy) is 1. The molecule has 0 radical (unpaired) electrons. The van der Waals surface area contributed by atoms with E-state index in [1.165, 1.54) is 4.90 Å². The highest BCUT2D eigenvalue weighted by molar-refractivity contribution is 6.46. The van der Waals surface area contributed by atoms with Crippen LogP contribution in [0, 0.1) is 0 Å². The van der Waals surface area contributed by atoms with Gasteiger partial charge in [-0.05, 0) is 24.1 Å². The first kappa shape index (κ1) is 19.1. The molecule has 0 saturated carbocycles. The maximum absolute atomic E-state index is 12.8. The molecule has 1 aliphatic heterocycles. The molecule has 0 spiro atoms. The summed E-state index contributed by atoms with van der Waals surface area (Å²) in [5.41, 5.74) is 1.24. The zero-order chi connectivity index (χ0) is 19.4. The standard InChI is InChI=1S/C21H20ClNO4/c1-27-12-6-11-23-18(15-9-5-10-16(22)13-15)17(20(25)21(23)26)19(24)14-7-3-2-4-8-14/h2-5,7-10,13,18,24H,6,11-12H2,1H3/t18-/m1/s1. The van der Waals surface area contributed by atoms with Crippen molar-refractivity contribution in [2.24, 2.45) is 0 Å². The normalized spacial score (nSPS) is 18.9. The van der Waals surface area contributed by atoms with Crippen molar-refractivity contribution in [1.29, 1.82) is 0 Å². The summed E-state index contributed by atoms with van der Waals surface area (Å²) in [5, 5.41) is 11.3. The molecule has 5 nitrogen and oxygen atoms in total. The zero-order valence-corrected chi connectivity index (χ0v) is 15.6. The van der Waals surface area contributed by atoms with E-state index < -0.39 is 17.7 Å². The molecule has 6 heteroatoms. The number of carbonyl (C=O) groups is 2. The summed E-state index contributed by atoms with van der Waals surface area (Å²) in [7, 11) is 1.58. The Morgan fingerprint density at radius 1 is 1.15 bits per heavy atom. The van der Waals surface area contributed by atoms with Crippen molar-refractivity contribution in [2.45, 2.75) is 12.5 Å². The highest BCUT2D eigenvalue weighted by Crippen LogP contribution is 2.39. The number of halogens is 1. The van der Waals surface area contributed by atoms with E-state index in [-0.39, 0.29) is 11.3 Å². The number of rotatable bonds is 6. The van der Waals surface area contributed by atoms with Gasteiger partial charge in [0, 0.05) is 30.8 Å². The van der Waals surface area contributed by atoms with Crippen molar-refractivity contribution < 1.29 is 19.4 Å². The number of ketones is 1. The van der Waals surface area contributed by atoms with Crippen LogP contribution in [0.5, 0.6) is 0 Å². The third-order valence-corrected chi connectivity index (χ3v) is 4.73. The molecular formula is C21H20ClNO4. The molecule has 1 N–H and O–H groups in total. The van der Waals surface area contributed by atoms with Crippen molar-refractivity contribution in [3.05, 3.63) is 76.3 Å². The maximum atomic E-state index is 12.8. The molecule has 3 rings (SSSR count). The van der Waals surface area contributed by atoms with Gasteiger partial charge in [0.2, 0.25) is 0 Å². The van der Waals surface area contributed by atoms with Gasteiger partial charge in [-0.2, -0.15) is 0 Å². The lowest BCUT2D eigenvalue weighted by molar-refractivity contribution is -0.140. The molecule has 1 aliphatic rings. The number of aliphatic hydroxyl groups excluding tert-OH is 1. The van der Waals surface area contributed by atoms with Crippen LogP contribution in [0.4, 0.5) is 0 Å². The summed E-state index contributed by atoms with van der Waals surface area (Å²) in [4.78, 5) is 26.9. The Morgan fingerprint density at radius 2 is 1.89 bits per heavy atom. The minimum atomic E-state index is -0.696. The predicted molar refractivity (Wildman–Crippen MR) is 103 cm³/mol. The second-order valence-electron chi connectivity index (χ2n) is 6.26. The van der Waals surface area contributed by atoms with E-state index in [1.54, 1.807) is 55.6 Å². The average Bonchev–Trinajstić information content (AvgIpc) is 2.93. The molecule has 2 aromatic carbocycles. The summed E-state index contributed by atoms with van der Waals surface area (Å²) < 4.78 is 5.06. The second kappa shape index (κ2) is 8.37. The van der Waals surface area contributed by atoms with Crippen molar-refractivity contribution >= 4 is 29.1 Å². The summed E-state index contributed by atoms with van der Waals surface area (Å²) in [6.45, 7) is 0.797. The SMILES string of the molecule is COCCCN1C(=O)C(=O)C(=C(O)c2ccccc2)[C@H]1c1cccc(Cl)c1. The Balaban J connectivity index is 2.12. The van der Waals surface area contributed by atoms with Crippen LogP contribution in [0.1, 0.15) is 23.6 Å². The van der Waals surface area contributed by atoms with Gasteiger partial charge < -0.3 is 14.7 Å². The molecule has 2 aromatic rings. The fourth-order valence-corrected chi connectivity index (χ4v) is 3.46. The monoisotopic (exact) mass is 385 g/mol. The molecule has 0 bridgehead atoms. The Hall–Kier alpha value is -2.63. The van der Waals surface area contributed by atoms with Gasteiger partial charge in [-0.25, -0.2) is 0 Å². The molecular weight excluding hydrogens is 366 g/mol. The number of nitrogens with zero attached hydrogens (tertiary/aromatic N) is 1. The van der Waals surface area contributed by atoms with Crippen LogP contribution in [-0.2, 0) is 14.3 Å². The summed E-state index contributed by atoms with van der Waals surface area (Å²) in [6, 6.07) is 15.0. The topological polar surface area (TPSA) is 66.8 Å². The average molecular weight is 386 g/mol. The van der Waals surface area contributed by atoms with Crippen LogP contribution in [0.3, 0.4) is 0 Å². The first-order chi connectivity index (χ1) is 13.0. The summed E-state index contributed by atoms with van der Waals surface area (Å²) >= 11 is 6.13. The van der Waals surface area contributed by atoms with Crippen molar-refractivity contribution in [3.8, 4) is 0 Å². The Morgan fingerprint density at radius 3 is 2.56 bits per heavy atom. The van der Waals surface area contributed by atoms with Gasteiger partial charge >= 0.3 is 0 Å². The number of benzene rings is 2. The van der Waals surface area contributed by atoms with Gasteiger partial charge in [0.05, 0.1) is 11.6 Å². The van der Waals surface area contributed by atoms with Crippen LogP contribution in [0.25, 0.3) is 5.76 Å². The highest BCUT2D eigenvalue weighted by atomic mass is 35.5. The fourth-order valence-electron chi connectivity index (χ4n) is 3.26. The summed E-state index contributed by atoms with van der Waals surface area (Å²) in [6.07, 6.45) is 0.575. The lowest BCUT2D eigenvalue weighted by Gasteiger charge is -2.25. The van der Waals surface area contributed by atoms with Gasteiger partial charge in [0.1, 0.15) is 5.76 Å². The van der Waals surface area contributed by atoms with Gasteiger partial charge in [0.15, 0.2) is 0 Å². The van der Waals surface area contributed by atoms with Gasteiger partial charge in [0.25, 0.3) is 11.7 Å². The van der Waals surface area contributed by atoms with E-state index in [9.17, 15) is 14.7 Å². The number of hydrogen-bond acceptors (Lipinski definition) is 4. The maximum Gasteiger partial charge on any atom is 0.295 e. The molecule has 140 valence electrons. The zero-order valence-electron chi connectivity index (χ0n) is 14.9. The van der Waals surface area contributed by atoms with E-state index in [4.69, 9.17) is 16.3 Å². The van der Waals surface area contributed by atoms with E-state index in [0.717, 1.165) is 0 Å². The largest absolute Gasteiger partial charge is 0.507 e. The van der Waals surface area contributed by atoms with Crippen LogP contribution >= 0.6 is 11.6 Å².